The molecule has 0 aliphatic carbocycles. The van der Waals surface area contributed by atoms with Crippen LogP contribution in [-0.2, 0) is 26.5 Å². The van der Waals surface area contributed by atoms with Gasteiger partial charge in [0.15, 0.2) is 17.5 Å². The minimum Gasteiger partial charge on any atom is -0.340 e. The van der Waals surface area contributed by atoms with Crippen LogP contribution in [0.2, 0.25) is 0 Å². The van der Waals surface area contributed by atoms with Gasteiger partial charge in [-0.05, 0) is 18.2 Å². The first-order valence-electron chi connectivity index (χ1n) is 8.19. The number of hydrogen-bond acceptors (Lipinski definition) is 7. The minimum atomic E-state index is -4.05. The van der Waals surface area contributed by atoms with Crippen molar-refractivity contribution in [1.82, 2.24) is 18.8 Å². The van der Waals surface area contributed by atoms with E-state index in [1.54, 1.807) is 6.92 Å². The van der Waals surface area contributed by atoms with E-state index >= 15 is 0 Å². The fraction of sp³-hybridized carbons (Fsp3) is 0.467. The standard InChI is InChI=1S/C15H18F2N4O5S2/c1-10-18-15(19-26-10)5-6-21(27(2,22)23)11-8-20(9-11)28(24,25)12-3-4-13(16)14(17)7-12/h3-4,7,11H,5-6,8-9H2,1-2H3. The van der Waals surface area contributed by atoms with Gasteiger partial charge in [0.1, 0.15) is 0 Å². The lowest BCUT2D eigenvalue weighted by atomic mass is 10.2. The maximum Gasteiger partial charge on any atom is 0.243 e. The van der Waals surface area contributed by atoms with Gasteiger partial charge in [0.25, 0.3) is 0 Å². The molecule has 1 fully saturated rings. The third-order valence-corrected chi connectivity index (χ3v) is 7.48. The number of rotatable bonds is 7. The van der Waals surface area contributed by atoms with Crippen LogP contribution >= 0.6 is 0 Å². The van der Waals surface area contributed by atoms with Crippen LogP contribution in [0, 0.1) is 18.6 Å². The molecule has 0 saturated carbocycles. The van der Waals surface area contributed by atoms with Crippen molar-refractivity contribution in [3.05, 3.63) is 41.5 Å². The second-order valence-electron chi connectivity index (χ2n) is 6.41. The molecule has 3 rings (SSSR count). The van der Waals surface area contributed by atoms with E-state index in [2.05, 4.69) is 10.1 Å². The van der Waals surface area contributed by atoms with Gasteiger partial charge in [0.2, 0.25) is 25.9 Å². The predicted octanol–water partition coefficient (Wildman–Crippen LogP) is 0.533. The summed E-state index contributed by atoms with van der Waals surface area (Å²) in [5.74, 6) is -1.73. The van der Waals surface area contributed by atoms with E-state index in [1.165, 1.54) is 4.31 Å². The van der Waals surface area contributed by atoms with E-state index in [9.17, 15) is 25.6 Å². The molecule has 0 amide bonds. The Labute approximate surface area is 161 Å². The van der Waals surface area contributed by atoms with Crippen molar-refractivity contribution in [3.8, 4) is 0 Å². The molecule has 9 nitrogen and oxygen atoms in total. The number of hydrogen-bond donors (Lipinski definition) is 0. The lowest BCUT2D eigenvalue weighted by Gasteiger charge is -2.43. The normalized spacial score (nSPS) is 16.5. The zero-order valence-electron chi connectivity index (χ0n) is 15.0. The highest BCUT2D eigenvalue weighted by atomic mass is 32.2. The van der Waals surface area contributed by atoms with Crippen molar-refractivity contribution in [2.75, 3.05) is 25.9 Å². The Morgan fingerprint density at radius 2 is 1.89 bits per heavy atom. The molecular formula is C15H18F2N4O5S2. The molecule has 2 aromatic rings. The van der Waals surface area contributed by atoms with Gasteiger partial charge in [-0.25, -0.2) is 25.6 Å². The van der Waals surface area contributed by atoms with Crippen LogP contribution in [0.4, 0.5) is 8.78 Å². The Bertz CT molecular complexity index is 1080. The molecule has 28 heavy (non-hydrogen) atoms. The van der Waals surface area contributed by atoms with Crippen molar-refractivity contribution < 1.29 is 30.1 Å². The van der Waals surface area contributed by atoms with Gasteiger partial charge in [-0.15, -0.1) is 0 Å². The van der Waals surface area contributed by atoms with Gasteiger partial charge < -0.3 is 4.52 Å². The summed E-state index contributed by atoms with van der Waals surface area (Å²) in [6, 6.07) is 1.72. The Kier molecular flexibility index (Phi) is 5.53. The number of sulfonamides is 2. The van der Waals surface area contributed by atoms with Crippen molar-refractivity contribution in [3.63, 3.8) is 0 Å². The summed E-state index contributed by atoms with van der Waals surface area (Å²) < 4.78 is 82.7. The quantitative estimate of drug-likeness (QED) is 0.622. The highest BCUT2D eigenvalue weighted by Gasteiger charge is 2.42. The minimum absolute atomic E-state index is 0.0571. The van der Waals surface area contributed by atoms with Gasteiger partial charge in [0, 0.05) is 33.0 Å². The molecule has 2 heterocycles. The van der Waals surface area contributed by atoms with Gasteiger partial charge >= 0.3 is 0 Å². The molecule has 1 aromatic carbocycles. The van der Waals surface area contributed by atoms with E-state index in [1.807, 2.05) is 0 Å². The fourth-order valence-electron chi connectivity index (χ4n) is 2.85. The van der Waals surface area contributed by atoms with Crippen molar-refractivity contribution in [2.45, 2.75) is 24.3 Å². The molecule has 1 saturated heterocycles. The van der Waals surface area contributed by atoms with Crippen LogP contribution in [0.5, 0.6) is 0 Å². The lowest BCUT2D eigenvalue weighted by molar-refractivity contribution is 0.155. The second-order valence-corrected chi connectivity index (χ2v) is 10.3. The van der Waals surface area contributed by atoms with Gasteiger partial charge in [0.05, 0.1) is 17.2 Å². The predicted molar refractivity (Wildman–Crippen MR) is 93.2 cm³/mol. The molecule has 1 aliphatic heterocycles. The molecule has 0 radical (unpaired) electrons. The van der Waals surface area contributed by atoms with Crippen molar-refractivity contribution in [1.29, 1.82) is 0 Å². The molecule has 0 atom stereocenters. The number of aryl methyl sites for hydroxylation is 1. The first-order valence-corrected chi connectivity index (χ1v) is 11.5. The van der Waals surface area contributed by atoms with Crippen molar-refractivity contribution in [2.24, 2.45) is 0 Å². The van der Waals surface area contributed by atoms with Gasteiger partial charge in [-0.1, -0.05) is 5.16 Å². The summed E-state index contributed by atoms with van der Waals surface area (Å²) in [5, 5.41) is 3.70. The van der Waals surface area contributed by atoms with E-state index in [0.29, 0.717) is 17.8 Å². The molecule has 1 aliphatic rings. The van der Waals surface area contributed by atoms with E-state index in [4.69, 9.17) is 4.52 Å². The van der Waals surface area contributed by atoms with E-state index < -0.39 is 42.6 Å². The molecule has 0 bridgehead atoms. The summed E-state index contributed by atoms with van der Waals surface area (Å²) in [4.78, 5) is 3.61. The summed E-state index contributed by atoms with van der Waals surface area (Å²) in [6.07, 6.45) is 1.23. The van der Waals surface area contributed by atoms with Crippen LogP contribution in [0.3, 0.4) is 0 Å². The molecular weight excluding hydrogens is 418 g/mol. The monoisotopic (exact) mass is 436 g/mol. The summed E-state index contributed by atoms with van der Waals surface area (Å²) >= 11 is 0. The zero-order chi connectivity index (χ0) is 20.7. The smallest absolute Gasteiger partial charge is 0.243 e. The summed E-state index contributed by atoms with van der Waals surface area (Å²) in [7, 11) is -7.67. The Hall–Kier alpha value is -1.96. The fourth-order valence-corrected chi connectivity index (χ4v) is 5.48. The Morgan fingerprint density at radius 1 is 1.21 bits per heavy atom. The first-order chi connectivity index (χ1) is 13.0. The molecule has 0 spiro atoms. The summed E-state index contributed by atoms with van der Waals surface area (Å²) in [5.41, 5.74) is 0. The van der Waals surface area contributed by atoms with Crippen LogP contribution in [0.15, 0.2) is 27.6 Å². The van der Waals surface area contributed by atoms with Crippen LogP contribution in [-0.4, -0.2) is 67.5 Å². The molecule has 1 aromatic heterocycles. The Morgan fingerprint density at radius 3 is 2.43 bits per heavy atom. The van der Waals surface area contributed by atoms with E-state index in [0.717, 1.165) is 22.7 Å². The zero-order valence-corrected chi connectivity index (χ0v) is 16.7. The maximum absolute atomic E-state index is 13.4. The largest absolute Gasteiger partial charge is 0.340 e. The van der Waals surface area contributed by atoms with Crippen LogP contribution < -0.4 is 0 Å². The van der Waals surface area contributed by atoms with Gasteiger partial charge in [-0.3, -0.25) is 0 Å². The maximum atomic E-state index is 13.4. The third kappa shape index (κ3) is 4.21. The number of aromatic nitrogens is 2. The summed E-state index contributed by atoms with van der Waals surface area (Å²) in [6.45, 7) is 1.47. The molecule has 0 N–H and O–H groups in total. The third-order valence-electron chi connectivity index (χ3n) is 4.32. The van der Waals surface area contributed by atoms with Crippen LogP contribution in [0.1, 0.15) is 11.7 Å². The topological polar surface area (TPSA) is 114 Å². The van der Waals surface area contributed by atoms with Gasteiger partial charge in [-0.2, -0.15) is 13.6 Å². The lowest BCUT2D eigenvalue weighted by Crippen LogP contribution is -2.62. The number of nitrogens with zero attached hydrogens (tertiary/aromatic N) is 4. The SMILES string of the molecule is Cc1nc(CCN(C2CN(S(=O)(=O)c3ccc(F)c(F)c3)C2)S(C)(=O)=O)no1. The molecule has 13 heteroatoms. The highest BCUT2D eigenvalue weighted by molar-refractivity contribution is 7.89. The number of halogens is 2. The van der Waals surface area contributed by atoms with E-state index in [-0.39, 0.29) is 26.1 Å². The van der Waals surface area contributed by atoms with Crippen LogP contribution in [0.25, 0.3) is 0 Å². The van der Waals surface area contributed by atoms with Crippen molar-refractivity contribution >= 4 is 20.0 Å². The first kappa shape index (κ1) is 20.8. The highest BCUT2D eigenvalue weighted by Crippen LogP contribution is 2.26. The Balaban J connectivity index is 1.70. The molecule has 154 valence electrons. The number of benzene rings is 1. The second kappa shape index (κ2) is 7.46. The average Bonchev–Trinajstić information content (AvgIpc) is 2.95. The molecule has 0 unspecified atom stereocenters. The average molecular weight is 436 g/mol.